The quantitative estimate of drug-likeness (QED) is 0.730. The number of rotatable bonds is 2. The van der Waals surface area contributed by atoms with Gasteiger partial charge in [0.05, 0.1) is 5.60 Å². The van der Waals surface area contributed by atoms with E-state index in [0.717, 1.165) is 0 Å². The van der Waals surface area contributed by atoms with Crippen molar-refractivity contribution in [3.63, 3.8) is 0 Å². The summed E-state index contributed by atoms with van der Waals surface area (Å²) < 4.78 is 5.25. The molecule has 16 heavy (non-hydrogen) atoms. The Kier molecular flexibility index (Phi) is 3.50. The molecule has 0 aliphatic carbocycles. The predicted molar refractivity (Wildman–Crippen MR) is 60.6 cm³/mol. The third kappa shape index (κ3) is 3.09. The summed E-state index contributed by atoms with van der Waals surface area (Å²) in [5.74, 6) is 5.47. The number of nitrogens with two attached hydrogens (primary N) is 1. The van der Waals surface area contributed by atoms with Crippen LogP contribution in [0, 0.1) is 5.92 Å². The van der Waals surface area contributed by atoms with Crippen LogP contribution in [0.15, 0.2) is 0 Å². The van der Waals surface area contributed by atoms with E-state index in [2.05, 4.69) is 0 Å². The second-order valence-corrected chi connectivity index (χ2v) is 5.80. The minimum Gasteiger partial charge on any atom is -0.444 e. The van der Waals surface area contributed by atoms with E-state index in [1.807, 2.05) is 34.6 Å². The van der Waals surface area contributed by atoms with Gasteiger partial charge in [-0.1, -0.05) is 0 Å². The Labute approximate surface area is 96.8 Å². The molecule has 1 rings (SSSR count). The van der Waals surface area contributed by atoms with Crippen LogP contribution in [-0.2, 0) is 9.57 Å². The van der Waals surface area contributed by atoms with Crippen molar-refractivity contribution in [1.29, 1.82) is 0 Å². The van der Waals surface area contributed by atoms with Crippen LogP contribution in [0.1, 0.15) is 34.6 Å². The molecule has 94 valence electrons. The SMILES string of the molecule is CC(C)(C)OC(=O)N1CC(C(C)(C)ON)C1. The van der Waals surface area contributed by atoms with E-state index < -0.39 is 11.2 Å². The average Bonchev–Trinajstić information content (AvgIpc) is 1.96. The fourth-order valence-electron chi connectivity index (χ4n) is 1.49. The Hall–Kier alpha value is -0.810. The molecule has 1 fully saturated rings. The first-order chi connectivity index (χ1) is 7.15. The van der Waals surface area contributed by atoms with Crippen molar-refractivity contribution < 1.29 is 14.4 Å². The van der Waals surface area contributed by atoms with E-state index in [1.54, 1.807) is 4.90 Å². The number of amides is 1. The van der Waals surface area contributed by atoms with Gasteiger partial charge < -0.3 is 9.64 Å². The molecule has 0 saturated carbocycles. The van der Waals surface area contributed by atoms with Gasteiger partial charge in [-0.3, -0.25) is 4.84 Å². The molecule has 0 aromatic heterocycles. The summed E-state index contributed by atoms with van der Waals surface area (Å²) >= 11 is 0. The van der Waals surface area contributed by atoms with E-state index >= 15 is 0 Å². The largest absolute Gasteiger partial charge is 0.444 e. The number of likely N-dealkylation sites (tertiary alicyclic amines) is 1. The predicted octanol–water partition coefficient (Wildman–Crippen LogP) is 1.52. The second kappa shape index (κ2) is 4.22. The van der Waals surface area contributed by atoms with Crippen LogP contribution < -0.4 is 5.90 Å². The van der Waals surface area contributed by atoms with Crippen LogP contribution in [0.2, 0.25) is 0 Å². The molecule has 0 aromatic rings. The Morgan fingerprint density at radius 3 is 2.12 bits per heavy atom. The average molecular weight is 230 g/mol. The zero-order valence-corrected chi connectivity index (χ0v) is 10.7. The number of ether oxygens (including phenoxy) is 1. The van der Waals surface area contributed by atoms with Crippen molar-refractivity contribution in [2.45, 2.75) is 45.8 Å². The van der Waals surface area contributed by atoms with Gasteiger partial charge in [-0.05, 0) is 34.6 Å². The van der Waals surface area contributed by atoms with Crippen molar-refractivity contribution in [3.8, 4) is 0 Å². The van der Waals surface area contributed by atoms with Crippen molar-refractivity contribution in [3.05, 3.63) is 0 Å². The Bertz CT molecular complexity index is 265. The van der Waals surface area contributed by atoms with Crippen molar-refractivity contribution >= 4 is 6.09 Å². The summed E-state index contributed by atoms with van der Waals surface area (Å²) in [6.45, 7) is 10.7. The van der Waals surface area contributed by atoms with Crippen molar-refractivity contribution in [2.75, 3.05) is 13.1 Å². The normalized spacial score (nSPS) is 18.2. The van der Waals surface area contributed by atoms with Crippen LogP contribution in [-0.4, -0.2) is 35.3 Å². The molecule has 1 amide bonds. The molecule has 1 aliphatic rings. The van der Waals surface area contributed by atoms with Gasteiger partial charge in [-0.15, -0.1) is 0 Å². The summed E-state index contributed by atoms with van der Waals surface area (Å²) in [4.78, 5) is 18.2. The molecular formula is C11H22N2O3. The standard InChI is InChI=1S/C11H22N2O3/c1-10(2,3)15-9(14)13-6-8(7-13)11(4,5)16-12/h8H,6-7,12H2,1-5H3. The van der Waals surface area contributed by atoms with Gasteiger partial charge in [0.15, 0.2) is 0 Å². The first-order valence-corrected chi connectivity index (χ1v) is 5.51. The maximum Gasteiger partial charge on any atom is 0.410 e. The minimum atomic E-state index is -0.442. The third-order valence-electron chi connectivity index (χ3n) is 2.82. The smallest absolute Gasteiger partial charge is 0.410 e. The highest BCUT2D eigenvalue weighted by atomic mass is 16.6. The monoisotopic (exact) mass is 230 g/mol. The van der Waals surface area contributed by atoms with Crippen molar-refractivity contribution in [1.82, 2.24) is 4.90 Å². The van der Waals surface area contributed by atoms with Crippen LogP contribution in [0.4, 0.5) is 4.79 Å². The number of nitrogens with zero attached hydrogens (tertiary/aromatic N) is 1. The fraction of sp³-hybridized carbons (Fsp3) is 0.909. The number of hydrogen-bond donors (Lipinski definition) is 1. The Balaban J connectivity index is 2.39. The molecule has 0 atom stereocenters. The van der Waals surface area contributed by atoms with Gasteiger partial charge in [-0.25, -0.2) is 10.7 Å². The van der Waals surface area contributed by atoms with Crippen molar-refractivity contribution in [2.24, 2.45) is 11.8 Å². The molecule has 1 aliphatic heterocycles. The van der Waals surface area contributed by atoms with Crippen LogP contribution in [0.5, 0.6) is 0 Å². The molecule has 0 aromatic carbocycles. The van der Waals surface area contributed by atoms with Gasteiger partial charge in [-0.2, -0.15) is 0 Å². The lowest BCUT2D eigenvalue weighted by atomic mass is 9.85. The van der Waals surface area contributed by atoms with E-state index in [4.69, 9.17) is 15.5 Å². The first-order valence-electron chi connectivity index (χ1n) is 5.51. The highest BCUT2D eigenvalue weighted by Gasteiger charge is 2.42. The molecule has 5 nitrogen and oxygen atoms in total. The second-order valence-electron chi connectivity index (χ2n) is 5.80. The molecular weight excluding hydrogens is 208 g/mol. The summed E-state index contributed by atoms with van der Waals surface area (Å²) in [5.41, 5.74) is -0.833. The van der Waals surface area contributed by atoms with Gasteiger partial charge >= 0.3 is 6.09 Å². The molecule has 5 heteroatoms. The lowest BCUT2D eigenvalue weighted by Gasteiger charge is -2.46. The molecule has 0 unspecified atom stereocenters. The highest BCUT2D eigenvalue weighted by molar-refractivity contribution is 5.69. The molecule has 0 radical (unpaired) electrons. The Morgan fingerprint density at radius 1 is 1.25 bits per heavy atom. The van der Waals surface area contributed by atoms with Gasteiger partial charge in [0.2, 0.25) is 0 Å². The van der Waals surface area contributed by atoms with E-state index in [9.17, 15) is 4.79 Å². The molecule has 0 bridgehead atoms. The van der Waals surface area contributed by atoms with Gasteiger partial charge in [0, 0.05) is 19.0 Å². The number of carbonyl (C=O) groups excluding carboxylic acids is 1. The number of carbonyl (C=O) groups is 1. The first kappa shape index (κ1) is 13.3. The summed E-state index contributed by atoms with van der Waals surface area (Å²) in [7, 11) is 0. The highest BCUT2D eigenvalue weighted by Crippen LogP contribution is 2.29. The summed E-state index contributed by atoms with van der Waals surface area (Å²) in [6.07, 6.45) is -0.267. The number of hydrogen-bond acceptors (Lipinski definition) is 4. The van der Waals surface area contributed by atoms with Crippen LogP contribution >= 0.6 is 0 Å². The van der Waals surface area contributed by atoms with E-state index in [0.29, 0.717) is 13.1 Å². The van der Waals surface area contributed by atoms with E-state index in [1.165, 1.54) is 0 Å². The molecule has 2 N–H and O–H groups in total. The molecule has 1 heterocycles. The maximum absolute atomic E-state index is 11.6. The zero-order chi connectivity index (χ0) is 12.6. The maximum atomic E-state index is 11.6. The minimum absolute atomic E-state index is 0.267. The van der Waals surface area contributed by atoms with Gasteiger partial charge in [0.25, 0.3) is 0 Å². The Morgan fingerprint density at radius 2 is 1.75 bits per heavy atom. The fourth-order valence-corrected chi connectivity index (χ4v) is 1.49. The molecule has 1 saturated heterocycles. The van der Waals surface area contributed by atoms with Crippen LogP contribution in [0.3, 0.4) is 0 Å². The summed E-state index contributed by atoms with van der Waals surface area (Å²) in [5, 5.41) is 0. The lowest BCUT2D eigenvalue weighted by molar-refractivity contribution is -0.110. The van der Waals surface area contributed by atoms with E-state index in [-0.39, 0.29) is 12.0 Å². The summed E-state index contributed by atoms with van der Waals surface area (Å²) in [6, 6.07) is 0. The lowest BCUT2D eigenvalue weighted by Crippen LogP contribution is -2.59. The van der Waals surface area contributed by atoms with Gasteiger partial charge in [0.1, 0.15) is 5.60 Å². The van der Waals surface area contributed by atoms with Crippen LogP contribution in [0.25, 0.3) is 0 Å². The topological polar surface area (TPSA) is 64.8 Å². The zero-order valence-electron chi connectivity index (χ0n) is 10.7. The third-order valence-corrected chi connectivity index (χ3v) is 2.82. The molecule has 0 spiro atoms.